The minimum absolute atomic E-state index is 0.414. The van der Waals surface area contributed by atoms with Gasteiger partial charge in [0.25, 0.3) is 0 Å². The molecule has 0 aliphatic heterocycles. The molecule has 1 N–H and O–H groups in total. The van der Waals surface area contributed by atoms with Crippen LogP contribution in [0, 0.1) is 0 Å². The molecule has 0 spiro atoms. The average molecular weight is 299 g/mol. The number of nitrogens with one attached hydrogen (secondary N) is 1. The third-order valence-electron chi connectivity index (χ3n) is 4.40. The molecule has 0 bridgehead atoms. The third kappa shape index (κ3) is 3.56. The Labute approximate surface area is 132 Å². The highest BCUT2D eigenvalue weighted by Crippen LogP contribution is 2.30. The molecule has 2 heteroatoms. The summed E-state index contributed by atoms with van der Waals surface area (Å²) in [6.45, 7) is 5.49. The molecular formula is C19H25NS. The number of hydrogen-bond acceptors (Lipinski definition) is 2. The zero-order chi connectivity index (χ0) is 14.7. The zero-order valence-electron chi connectivity index (χ0n) is 13.1. The molecular weight excluding hydrogens is 274 g/mol. The number of fused-ring (bicyclic) bond motifs is 1. The molecule has 1 nitrogen and oxygen atoms in total. The van der Waals surface area contributed by atoms with Crippen molar-refractivity contribution in [1.29, 1.82) is 0 Å². The van der Waals surface area contributed by atoms with Gasteiger partial charge in [-0.05, 0) is 55.4 Å². The Morgan fingerprint density at radius 1 is 1.19 bits per heavy atom. The van der Waals surface area contributed by atoms with Crippen LogP contribution in [0.1, 0.15) is 59.2 Å². The van der Waals surface area contributed by atoms with Crippen LogP contribution in [0.3, 0.4) is 0 Å². The van der Waals surface area contributed by atoms with Crippen molar-refractivity contribution in [3.63, 3.8) is 0 Å². The van der Waals surface area contributed by atoms with Crippen LogP contribution >= 0.6 is 11.3 Å². The molecule has 0 amide bonds. The van der Waals surface area contributed by atoms with E-state index in [1.165, 1.54) is 48.1 Å². The zero-order valence-corrected chi connectivity index (χ0v) is 13.9. The average Bonchev–Trinajstić information content (AvgIpc) is 3.07. The molecule has 3 rings (SSSR count). The SMILES string of the molecule is CCCc1ccc(C(C)NCc2cc3c(s2)CCC3)cc1. The third-order valence-corrected chi connectivity index (χ3v) is 5.64. The predicted octanol–water partition coefficient (Wildman–Crippen LogP) is 5.04. The van der Waals surface area contributed by atoms with Gasteiger partial charge in [-0.3, -0.25) is 0 Å². The Bertz CT molecular complexity index is 561. The fourth-order valence-electron chi connectivity index (χ4n) is 3.11. The lowest BCUT2D eigenvalue weighted by atomic mass is 10.0. The van der Waals surface area contributed by atoms with Gasteiger partial charge < -0.3 is 5.32 Å². The van der Waals surface area contributed by atoms with Gasteiger partial charge in [-0.2, -0.15) is 0 Å². The summed E-state index contributed by atoms with van der Waals surface area (Å²) in [6.07, 6.45) is 6.35. The molecule has 2 aromatic rings. The van der Waals surface area contributed by atoms with E-state index in [9.17, 15) is 0 Å². The second kappa shape index (κ2) is 6.76. The first-order valence-corrected chi connectivity index (χ1v) is 9.00. The lowest BCUT2D eigenvalue weighted by Crippen LogP contribution is -2.17. The Morgan fingerprint density at radius 2 is 2.00 bits per heavy atom. The first-order valence-electron chi connectivity index (χ1n) is 8.19. The second-order valence-corrected chi connectivity index (χ2v) is 7.33. The van der Waals surface area contributed by atoms with Crippen molar-refractivity contribution in [1.82, 2.24) is 5.32 Å². The molecule has 1 unspecified atom stereocenters. The van der Waals surface area contributed by atoms with E-state index >= 15 is 0 Å². The number of thiophene rings is 1. The molecule has 0 radical (unpaired) electrons. The monoisotopic (exact) mass is 299 g/mol. The molecule has 1 aliphatic carbocycles. The maximum Gasteiger partial charge on any atom is 0.0305 e. The van der Waals surface area contributed by atoms with Gasteiger partial charge in [-0.15, -0.1) is 11.3 Å². The number of benzene rings is 1. The lowest BCUT2D eigenvalue weighted by Gasteiger charge is -2.14. The first-order chi connectivity index (χ1) is 10.3. The first kappa shape index (κ1) is 14.8. The summed E-state index contributed by atoms with van der Waals surface area (Å²) in [5.74, 6) is 0. The Hall–Kier alpha value is -1.12. The van der Waals surface area contributed by atoms with E-state index in [0.29, 0.717) is 6.04 Å². The highest BCUT2D eigenvalue weighted by molar-refractivity contribution is 7.12. The van der Waals surface area contributed by atoms with Crippen molar-refractivity contribution in [2.45, 2.75) is 58.5 Å². The highest BCUT2D eigenvalue weighted by Gasteiger charge is 2.15. The van der Waals surface area contributed by atoms with E-state index in [1.54, 1.807) is 10.4 Å². The summed E-state index contributed by atoms with van der Waals surface area (Å²) in [5, 5.41) is 3.67. The van der Waals surface area contributed by atoms with Gasteiger partial charge in [-0.1, -0.05) is 37.6 Å². The smallest absolute Gasteiger partial charge is 0.0305 e. The van der Waals surface area contributed by atoms with E-state index in [0.717, 1.165) is 6.54 Å². The van der Waals surface area contributed by atoms with Gasteiger partial charge in [0, 0.05) is 22.3 Å². The molecule has 112 valence electrons. The van der Waals surface area contributed by atoms with Crippen molar-refractivity contribution < 1.29 is 0 Å². The van der Waals surface area contributed by atoms with E-state index in [1.807, 2.05) is 11.3 Å². The molecule has 1 aromatic carbocycles. The van der Waals surface area contributed by atoms with Gasteiger partial charge >= 0.3 is 0 Å². The highest BCUT2D eigenvalue weighted by atomic mass is 32.1. The molecule has 21 heavy (non-hydrogen) atoms. The summed E-state index contributed by atoms with van der Waals surface area (Å²) in [6, 6.07) is 11.9. The number of hydrogen-bond donors (Lipinski definition) is 1. The summed E-state index contributed by atoms with van der Waals surface area (Å²) < 4.78 is 0. The largest absolute Gasteiger partial charge is 0.305 e. The molecule has 0 saturated carbocycles. The fourth-order valence-corrected chi connectivity index (χ4v) is 4.32. The van der Waals surface area contributed by atoms with Crippen LogP contribution in [0.5, 0.6) is 0 Å². The van der Waals surface area contributed by atoms with Crippen LogP contribution < -0.4 is 5.32 Å². The fraction of sp³-hybridized carbons (Fsp3) is 0.474. The van der Waals surface area contributed by atoms with Gasteiger partial charge in [0.2, 0.25) is 0 Å². The van der Waals surface area contributed by atoms with Crippen LogP contribution in [0.15, 0.2) is 30.3 Å². The Kier molecular flexibility index (Phi) is 4.77. The van der Waals surface area contributed by atoms with Gasteiger partial charge in [0.1, 0.15) is 0 Å². The van der Waals surface area contributed by atoms with Crippen molar-refractivity contribution >= 4 is 11.3 Å². The Morgan fingerprint density at radius 3 is 2.71 bits per heavy atom. The van der Waals surface area contributed by atoms with Gasteiger partial charge in [0.15, 0.2) is 0 Å². The van der Waals surface area contributed by atoms with E-state index in [-0.39, 0.29) is 0 Å². The number of rotatable bonds is 6. The van der Waals surface area contributed by atoms with Crippen LogP contribution in [-0.4, -0.2) is 0 Å². The van der Waals surface area contributed by atoms with E-state index < -0.39 is 0 Å². The minimum Gasteiger partial charge on any atom is -0.305 e. The summed E-state index contributed by atoms with van der Waals surface area (Å²) in [4.78, 5) is 3.12. The van der Waals surface area contributed by atoms with Crippen molar-refractivity contribution in [2.75, 3.05) is 0 Å². The van der Waals surface area contributed by atoms with Crippen molar-refractivity contribution in [3.8, 4) is 0 Å². The van der Waals surface area contributed by atoms with Gasteiger partial charge in [-0.25, -0.2) is 0 Å². The minimum atomic E-state index is 0.414. The second-order valence-electron chi connectivity index (χ2n) is 6.11. The molecule has 1 atom stereocenters. The standard InChI is InChI=1S/C19H25NS/c1-3-5-15-8-10-16(11-9-15)14(2)20-13-18-12-17-6-4-7-19(17)21-18/h8-12,14,20H,3-7,13H2,1-2H3. The lowest BCUT2D eigenvalue weighted by molar-refractivity contribution is 0.578. The van der Waals surface area contributed by atoms with Crippen LogP contribution in [-0.2, 0) is 25.8 Å². The quantitative estimate of drug-likeness (QED) is 0.788. The summed E-state index contributed by atoms with van der Waals surface area (Å²) in [5.41, 5.74) is 4.44. The van der Waals surface area contributed by atoms with Crippen LogP contribution in [0.4, 0.5) is 0 Å². The molecule has 1 aromatic heterocycles. The molecule has 1 aliphatic rings. The van der Waals surface area contributed by atoms with Crippen LogP contribution in [0.25, 0.3) is 0 Å². The summed E-state index contributed by atoms with van der Waals surface area (Å²) in [7, 11) is 0. The van der Waals surface area contributed by atoms with E-state index in [4.69, 9.17) is 0 Å². The molecule has 0 fully saturated rings. The van der Waals surface area contributed by atoms with Crippen molar-refractivity contribution in [3.05, 3.63) is 56.8 Å². The Balaban J connectivity index is 1.56. The normalized spacial score (nSPS) is 15.1. The molecule has 1 heterocycles. The van der Waals surface area contributed by atoms with Gasteiger partial charge in [0.05, 0.1) is 0 Å². The maximum atomic E-state index is 3.67. The maximum absolute atomic E-state index is 3.67. The van der Waals surface area contributed by atoms with E-state index in [2.05, 4.69) is 49.5 Å². The molecule has 0 saturated heterocycles. The number of aryl methyl sites for hydroxylation is 3. The van der Waals surface area contributed by atoms with Crippen molar-refractivity contribution in [2.24, 2.45) is 0 Å². The predicted molar refractivity (Wildman–Crippen MR) is 92.0 cm³/mol. The summed E-state index contributed by atoms with van der Waals surface area (Å²) >= 11 is 2.01. The topological polar surface area (TPSA) is 12.0 Å². The van der Waals surface area contributed by atoms with Crippen LogP contribution in [0.2, 0.25) is 0 Å².